The number of fused-ring (bicyclic) bond motifs is 1. The first-order valence-corrected chi connectivity index (χ1v) is 9.60. The number of pyridine rings is 1. The van der Waals surface area contributed by atoms with Crippen LogP contribution in [0.25, 0.3) is 22.2 Å². The predicted molar refractivity (Wildman–Crippen MR) is 119 cm³/mol. The molecule has 4 rings (SSSR count). The van der Waals surface area contributed by atoms with E-state index >= 15 is 0 Å². The zero-order valence-corrected chi connectivity index (χ0v) is 17.1. The van der Waals surface area contributed by atoms with Gasteiger partial charge in [-0.2, -0.15) is 0 Å². The van der Waals surface area contributed by atoms with E-state index in [1.807, 2.05) is 79.7 Å². The van der Waals surface area contributed by atoms with Crippen molar-refractivity contribution in [1.82, 2.24) is 4.98 Å². The Hall–Kier alpha value is -3.86. The molecule has 1 N–H and O–H groups in total. The first-order valence-electron chi connectivity index (χ1n) is 9.60. The summed E-state index contributed by atoms with van der Waals surface area (Å²) in [6, 6.07) is 22.7. The lowest BCUT2D eigenvalue weighted by atomic mass is 9.97. The number of hydrogen-bond donors (Lipinski definition) is 1. The molecule has 0 bridgehead atoms. The first-order chi connectivity index (χ1) is 14.6. The van der Waals surface area contributed by atoms with Crippen LogP contribution in [-0.2, 0) is 0 Å². The molecule has 1 aromatic heterocycles. The fourth-order valence-corrected chi connectivity index (χ4v) is 3.56. The summed E-state index contributed by atoms with van der Waals surface area (Å²) in [4.78, 5) is 18.2. The third-order valence-corrected chi connectivity index (χ3v) is 5.08. The van der Waals surface area contributed by atoms with Gasteiger partial charge in [0, 0.05) is 10.9 Å². The molecule has 5 heteroatoms. The average Bonchev–Trinajstić information content (AvgIpc) is 2.79. The largest absolute Gasteiger partial charge is 0.497 e. The molecule has 0 radical (unpaired) electrons. The van der Waals surface area contributed by atoms with Gasteiger partial charge in [0.05, 0.1) is 36.7 Å². The molecule has 3 aromatic carbocycles. The molecule has 1 amide bonds. The van der Waals surface area contributed by atoms with E-state index < -0.39 is 0 Å². The first kappa shape index (κ1) is 19.5. The molecule has 0 aliphatic rings. The lowest BCUT2D eigenvalue weighted by Crippen LogP contribution is -2.15. The number of ether oxygens (including phenoxy) is 2. The lowest BCUT2D eigenvalue weighted by Gasteiger charge is -2.16. The third-order valence-electron chi connectivity index (χ3n) is 5.08. The smallest absolute Gasteiger partial charge is 0.256 e. The van der Waals surface area contributed by atoms with E-state index in [4.69, 9.17) is 14.5 Å². The highest BCUT2D eigenvalue weighted by atomic mass is 16.5. The highest BCUT2D eigenvalue weighted by Gasteiger charge is 2.20. The van der Waals surface area contributed by atoms with E-state index in [0.717, 1.165) is 33.5 Å². The van der Waals surface area contributed by atoms with Crippen LogP contribution in [0.2, 0.25) is 0 Å². The second kappa shape index (κ2) is 8.25. The van der Waals surface area contributed by atoms with Crippen molar-refractivity contribution < 1.29 is 14.3 Å². The van der Waals surface area contributed by atoms with Gasteiger partial charge >= 0.3 is 0 Å². The topological polar surface area (TPSA) is 60.5 Å². The Morgan fingerprint density at radius 3 is 2.30 bits per heavy atom. The Morgan fingerprint density at radius 2 is 1.57 bits per heavy atom. The summed E-state index contributed by atoms with van der Waals surface area (Å²) >= 11 is 0. The van der Waals surface area contributed by atoms with Crippen LogP contribution in [0.1, 0.15) is 15.9 Å². The van der Waals surface area contributed by atoms with Gasteiger partial charge in [0.15, 0.2) is 0 Å². The molecule has 0 aliphatic carbocycles. The Kier molecular flexibility index (Phi) is 5.35. The van der Waals surface area contributed by atoms with Gasteiger partial charge in [-0.1, -0.05) is 30.3 Å². The van der Waals surface area contributed by atoms with Gasteiger partial charge in [0.1, 0.15) is 11.5 Å². The van der Waals surface area contributed by atoms with Crippen LogP contribution < -0.4 is 14.8 Å². The molecule has 0 fully saturated rings. The van der Waals surface area contributed by atoms with Crippen LogP contribution in [0, 0.1) is 6.92 Å². The summed E-state index contributed by atoms with van der Waals surface area (Å²) in [5, 5.41) is 3.80. The van der Waals surface area contributed by atoms with Gasteiger partial charge in [-0.15, -0.1) is 0 Å². The molecule has 5 nitrogen and oxygen atoms in total. The van der Waals surface area contributed by atoms with Crippen molar-refractivity contribution in [3.8, 4) is 22.8 Å². The third kappa shape index (κ3) is 3.57. The average molecular weight is 398 g/mol. The van der Waals surface area contributed by atoms with E-state index in [9.17, 15) is 4.79 Å². The minimum Gasteiger partial charge on any atom is -0.497 e. The van der Waals surface area contributed by atoms with Crippen LogP contribution >= 0.6 is 0 Å². The van der Waals surface area contributed by atoms with Gasteiger partial charge in [0.2, 0.25) is 0 Å². The number of aromatic nitrogens is 1. The van der Waals surface area contributed by atoms with Crippen LogP contribution in [0.15, 0.2) is 72.8 Å². The minimum absolute atomic E-state index is 0.203. The summed E-state index contributed by atoms with van der Waals surface area (Å²) in [6.45, 7) is 1.93. The van der Waals surface area contributed by atoms with Crippen molar-refractivity contribution in [2.45, 2.75) is 6.92 Å². The molecule has 0 atom stereocenters. The van der Waals surface area contributed by atoms with E-state index in [0.29, 0.717) is 17.0 Å². The van der Waals surface area contributed by atoms with Crippen LogP contribution in [0.5, 0.6) is 11.5 Å². The van der Waals surface area contributed by atoms with Crippen molar-refractivity contribution >= 4 is 22.5 Å². The van der Waals surface area contributed by atoms with Gasteiger partial charge < -0.3 is 14.8 Å². The lowest BCUT2D eigenvalue weighted by molar-refractivity contribution is 0.102. The van der Waals surface area contributed by atoms with Crippen molar-refractivity contribution in [1.29, 1.82) is 0 Å². The van der Waals surface area contributed by atoms with Gasteiger partial charge in [-0.3, -0.25) is 4.79 Å². The Morgan fingerprint density at radius 1 is 0.867 bits per heavy atom. The normalized spacial score (nSPS) is 10.6. The van der Waals surface area contributed by atoms with Crippen LogP contribution in [-0.4, -0.2) is 25.1 Å². The number of methoxy groups -OCH3 is 2. The maximum absolute atomic E-state index is 13.4. The Labute approximate surface area is 175 Å². The number of para-hydroxylation sites is 3. The maximum Gasteiger partial charge on any atom is 0.256 e. The van der Waals surface area contributed by atoms with Crippen molar-refractivity contribution in [3.05, 3.63) is 83.9 Å². The van der Waals surface area contributed by atoms with Crippen LogP contribution in [0.4, 0.5) is 5.69 Å². The van der Waals surface area contributed by atoms with E-state index in [1.54, 1.807) is 14.2 Å². The van der Waals surface area contributed by atoms with E-state index in [2.05, 4.69) is 5.32 Å². The van der Waals surface area contributed by atoms with Crippen molar-refractivity contribution in [2.24, 2.45) is 0 Å². The molecule has 0 spiro atoms. The Bertz CT molecular complexity index is 1220. The number of hydrogen-bond acceptors (Lipinski definition) is 4. The highest BCUT2D eigenvalue weighted by Crippen LogP contribution is 2.32. The zero-order chi connectivity index (χ0) is 21.1. The van der Waals surface area contributed by atoms with Crippen molar-refractivity contribution in [3.63, 3.8) is 0 Å². The second-order valence-electron chi connectivity index (χ2n) is 6.86. The predicted octanol–water partition coefficient (Wildman–Crippen LogP) is 5.48. The molecular formula is C25H22N2O3. The standard InChI is InChI=1S/C25H22N2O3/c1-16-23(25(28)27-21-10-6-7-11-22(21)30-3)19-8-4-5-9-20(19)26-24(16)17-12-14-18(29-2)15-13-17/h4-15H,1-3H3,(H,27,28). The number of nitrogens with one attached hydrogen (secondary N) is 1. The van der Waals surface area contributed by atoms with Gasteiger partial charge in [-0.25, -0.2) is 4.98 Å². The molecule has 30 heavy (non-hydrogen) atoms. The zero-order valence-electron chi connectivity index (χ0n) is 17.1. The van der Waals surface area contributed by atoms with E-state index in [-0.39, 0.29) is 5.91 Å². The molecule has 0 saturated carbocycles. The summed E-state index contributed by atoms with van der Waals surface area (Å²) in [7, 11) is 3.22. The Balaban J connectivity index is 1.85. The molecule has 4 aromatic rings. The summed E-state index contributed by atoms with van der Waals surface area (Å²) < 4.78 is 10.6. The monoisotopic (exact) mass is 398 g/mol. The number of carbonyl (C=O) groups excluding carboxylic acids is 1. The highest BCUT2D eigenvalue weighted by molar-refractivity contribution is 6.14. The molecular weight excluding hydrogens is 376 g/mol. The number of carbonyl (C=O) groups is 1. The number of amides is 1. The second-order valence-corrected chi connectivity index (χ2v) is 6.86. The molecule has 1 heterocycles. The van der Waals surface area contributed by atoms with E-state index in [1.165, 1.54) is 0 Å². The quantitative estimate of drug-likeness (QED) is 0.484. The molecule has 0 aliphatic heterocycles. The number of rotatable bonds is 5. The SMILES string of the molecule is COc1ccc(-c2nc3ccccc3c(C(=O)Nc3ccccc3OC)c2C)cc1. The van der Waals surface area contributed by atoms with Gasteiger partial charge in [0.25, 0.3) is 5.91 Å². The molecule has 0 unspecified atom stereocenters. The number of nitrogens with zero attached hydrogens (tertiary/aromatic N) is 1. The maximum atomic E-state index is 13.4. The summed E-state index contributed by atoms with van der Waals surface area (Å²) in [5.41, 5.74) is 4.48. The van der Waals surface area contributed by atoms with Crippen LogP contribution in [0.3, 0.4) is 0 Å². The summed E-state index contributed by atoms with van der Waals surface area (Å²) in [5.74, 6) is 1.17. The van der Waals surface area contributed by atoms with Crippen molar-refractivity contribution in [2.75, 3.05) is 19.5 Å². The number of anilines is 1. The summed E-state index contributed by atoms with van der Waals surface area (Å²) in [6.07, 6.45) is 0. The number of benzene rings is 3. The fraction of sp³-hybridized carbons (Fsp3) is 0.120. The fourth-order valence-electron chi connectivity index (χ4n) is 3.56. The minimum atomic E-state index is -0.203. The molecule has 0 saturated heterocycles. The van der Waals surface area contributed by atoms with Gasteiger partial charge in [-0.05, 0) is 55.0 Å². The molecule has 150 valence electrons.